The van der Waals surface area contributed by atoms with Crippen LogP contribution in [-0.2, 0) is 6.61 Å². The Morgan fingerprint density at radius 2 is 2.43 bits per heavy atom. The summed E-state index contributed by atoms with van der Waals surface area (Å²) < 4.78 is 0. The molecule has 2 rings (SSSR count). The quantitative estimate of drug-likeness (QED) is 0.809. The maximum absolute atomic E-state index is 9.03. The fourth-order valence-corrected chi connectivity index (χ4v) is 2.87. The van der Waals surface area contributed by atoms with Gasteiger partial charge in [0.15, 0.2) is 0 Å². The molecule has 0 bridgehead atoms. The lowest BCUT2D eigenvalue weighted by Gasteiger charge is -2.08. The first kappa shape index (κ1) is 9.93. The van der Waals surface area contributed by atoms with Crippen LogP contribution in [0.25, 0.3) is 0 Å². The summed E-state index contributed by atoms with van der Waals surface area (Å²) in [4.78, 5) is 8.77. The number of hydrogen-bond acceptors (Lipinski definition) is 4. The molecule has 1 aliphatic rings. The van der Waals surface area contributed by atoms with Gasteiger partial charge in [-0.1, -0.05) is 0 Å². The van der Waals surface area contributed by atoms with Crippen molar-refractivity contribution in [2.45, 2.75) is 31.6 Å². The molecule has 76 valence electrons. The Morgan fingerprint density at radius 1 is 1.57 bits per heavy atom. The van der Waals surface area contributed by atoms with Crippen molar-refractivity contribution in [3.8, 4) is 0 Å². The van der Waals surface area contributed by atoms with Crippen LogP contribution < -0.4 is 0 Å². The minimum Gasteiger partial charge on any atom is -0.390 e. The average Bonchev–Trinajstić information content (AvgIpc) is 2.69. The summed E-state index contributed by atoms with van der Waals surface area (Å²) in [5, 5.41) is 9.48. The zero-order valence-corrected chi connectivity index (χ0v) is 9.05. The molecule has 1 atom stereocenters. The molecular formula is C10H14N2OS. The molecule has 0 aromatic carbocycles. The van der Waals surface area contributed by atoms with Crippen LogP contribution in [-0.4, -0.2) is 20.8 Å². The Balaban J connectivity index is 2.27. The van der Waals surface area contributed by atoms with E-state index in [1.54, 1.807) is 0 Å². The molecule has 1 fully saturated rings. The van der Waals surface area contributed by atoms with Crippen molar-refractivity contribution in [1.29, 1.82) is 0 Å². The summed E-state index contributed by atoms with van der Waals surface area (Å²) in [6, 6.07) is 1.84. The lowest BCUT2D eigenvalue weighted by molar-refractivity contribution is 0.276. The number of hydrogen-bond donors (Lipinski definition) is 1. The Labute approximate surface area is 88.0 Å². The van der Waals surface area contributed by atoms with Gasteiger partial charge in [-0.05, 0) is 31.6 Å². The molecule has 1 unspecified atom stereocenters. The smallest absolute Gasteiger partial charge is 0.141 e. The van der Waals surface area contributed by atoms with Gasteiger partial charge in [-0.15, -0.1) is 0 Å². The predicted octanol–water partition coefficient (Wildman–Crippen LogP) is 1.85. The molecule has 1 aliphatic heterocycles. The van der Waals surface area contributed by atoms with Gasteiger partial charge in [0.2, 0.25) is 0 Å². The molecule has 0 saturated carbocycles. The van der Waals surface area contributed by atoms with Crippen LogP contribution in [0.15, 0.2) is 6.07 Å². The van der Waals surface area contributed by atoms with Gasteiger partial charge in [0.25, 0.3) is 0 Å². The molecule has 1 N–H and O–H groups in total. The highest BCUT2D eigenvalue weighted by molar-refractivity contribution is 7.99. The molecule has 0 spiro atoms. The van der Waals surface area contributed by atoms with E-state index in [2.05, 4.69) is 9.97 Å². The summed E-state index contributed by atoms with van der Waals surface area (Å²) in [7, 11) is 0. The van der Waals surface area contributed by atoms with Crippen molar-refractivity contribution >= 4 is 11.8 Å². The first-order chi connectivity index (χ1) is 6.79. The predicted molar refractivity (Wildman–Crippen MR) is 57.1 cm³/mol. The second-order valence-corrected chi connectivity index (χ2v) is 4.83. The first-order valence-corrected chi connectivity index (χ1v) is 5.91. The van der Waals surface area contributed by atoms with Crippen molar-refractivity contribution in [2.75, 3.05) is 5.75 Å². The van der Waals surface area contributed by atoms with Crippen molar-refractivity contribution < 1.29 is 5.11 Å². The molecule has 3 nitrogen and oxygen atoms in total. The number of aliphatic hydroxyl groups is 1. The van der Waals surface area contributed by atoms with E-state index < -0.39 is 0 Å². The summed E-state index contributed by atoms with van der Waals surface area (Å²) in [6.45, 7) is 1.96. The fourth-order valence-electron chi connectivity index (χ4n) is 1.66. The summed E-state index contributed by atoms with van der Waals surface area (Å²) in [5.41, 5.74) is 1.69. The second kappa shape index (κ2) is 4.28. The van der Waals surface area contributed by atoms with Crippen molar-refractivity contribution in [2.24, 2.45) is 0 Å². The molecule has 0 radical (unpaired) electrons. The molecule has 14 heavy (non-hydrogen) atoms. The normalized spacial score (nSPS) is 21.4. The van der Waals surface area contributed by atoms with Gasteiger partial charge in [0, 0.05) is 5.69 Å². The van der Waals surface area contributed by atoms with E-state index in [0.717, 1.165) is 17.2 Å². The topological polar surface area (TPSA) is 46.0 Å². The lowest BCUT2D eigenvalue weighted by Crippen LogP contribution is -2.03. The maximum atomic E-state index is 9.03. The van der Waals surface area contributed by atoms with Crippen LogP contribution in [0.1, 0.15) is 35.3 Å². The van der Waals surface area contributed by atoms with Gasteiger partial charge in [-0.25, -0.2) is 9.97 Å². The molecular weight excluding hydrogens is 196 g/mol. The van der Waals surface area contributed by atoms with Crippen LogP contribution >= 0.6 is 11.8 Å². The Kier molecular flexibility index (Phi) is 3.03. The zero-order valence-electron chi connectivity index (χ0n) is 8.23. The van der Waals surface area contributed by atoms with Gasteiger partial charge >= 0.3 is 0 Å². The number of thioether (sulfide) groups is 1. The largest absolute Gasteiger partial charge is 0.390 e. The number of rotatable bonds is 2. The molecule has 1 aromatic rings. The van der Waals surface area contributed by atoms with E-state index in [0.29, 0.717) is 5.25 Å². The summed E-state index contributed by atoms with van der Waals surface area (Å²) in [6.07, 6.45) is 2.42. The van der Waals surface area contributed by atoms with Crippen LogP contribution in [0.4, 0.5) is 0 Å². The molecule has 1 aromatic heterocycles. The van der Waals surface area contributed by atoms with E-state index in [9.17, 15) is 0 Å². The first-order valence-electron chi connectivity index (χ1n) is 4.86. The van der Waals surface area contributed by atoms with Crippen molar-refractivity contribution in [3.05, 3.63) is 23.3 Å². The molecule has 0 aliphatic carbocycles. The minimum atomic E-state index is 0.00769. The SMILES string of the molecule is Cc1cc(CO)nc(C2CCCS2)n1. The monoisotopic (exact) mass is 210 g/mol. The summed E-state index contributed by atoms with van der Waals surface area (Å²) >= 11 is 1.92. The standard InChI is InChI=1S/C10H14N2OS/c1-7-5-8(6-13)12-10(11-7)9-3-2-4-14-9/h5,9,13H,2-4,6H2,1H3. The third kappa shape index (κ3) is 2.07. The second-order valence-electron chi connectivity index (χ2n) is 3.52. The third-order valence-corrected chi connectivity index (χ3v) is 3.68. The molecule has 1 saturated heterocycles. The number of aryl methyl sites for hydroxylation is 1. The van der Waals surface area contributed by atoms with Gasteiger partial charge in [-0.2, -0.15) is 11.8 Å². The third-order valence-electron chi connectivity index (χ3n) is 2.30. The van der Waals surface area contributed by atoms with Gasteiger partial charge < -0.3 is 5.11 Å². The van der Waals surface area contributed by atoms with E-state index in [-0.39, 0.29) is 6.61 Å². The highest BCUT2D eigenvalue weighted by Crippen LogP contribution is 2.38. The molecule has 4 heteroatoms. The maximum Gasteiger partial charge on any atom is 0.141 e. The van der Waals surface area contributed by atoms with Crippen molar-refractivity contribution in [1.82, 2.24) is 9.97 Å². The van der Waals surface area contributed by atoms with Crippen LogP contribution in [0.2, 0.25) is 0 Å². The fraction of sp³-hybridized carbons (Fsp3) is 0.600. The number of nitrogens with zero attached hydrogens (tertiary/aromatic N) is 2. The Bertz CT molecular complexity index is 324. The molecule has 0 amide bonds. The van der Waals surface area contributed by atoms with E-state index >= 15 is 0 Å². The van der Waals surface area contributed by atoms with Gasteiger partial charge in [-0.3, -0.25) is 0 Å². The van der Waals surface area contributed by atoms with E-state index in [4.69, 9.17) is 5.11 Å². The average molecular weight is 210 g/mol. The van der Waals surface area contributed by atoms with Gasteiger partial charge in [0.1, 0.15) is 5.82 Å². The van der Waals surface area contributed by atoms with Crippen LogP contribution in [0, 0.1) is 6.92 Å². The summed E-state index contributed by atoms with van der Waals surface area (Å²) in [5.74, 6) is 2.10. The van der Waals surface area contributed by atoms with E-state index in [1.807, 2.05) is 24.8 Å². The minimum absolute atomic E-state index is 0.00769. The van der Waals surface area contributed by atoms with E-state index in [1.165, 1.54) is 18.6 Å². The highest BCUT2D eigenvalue weighted by atomic mass is 32.2. The van der Waals surface area contributed by atoms with Crippen molar-refractivity contribution in [3.63, 3.8) is 0 Å². The van der Waals surface area contributed by atoms with Gasteiger partial charge in [0.05, 0.1) is 17.6 Å². The van der Waals surface area contributed by atoms with Crippen LogP contribution in [0.3, 0.4) is 0 Å². The number of aliphatic hydroxyl groups excluding tert-OH is 1. The Hall–Kier alpha value is -0.610. The molecule has 2 heterocycles. The number of aromatic nitrogens is 2. The lowest BCUT2D eigenvalue weighted by atomic mass is 10.2. The highest BCUT2D eigenvalue weighted by Gasteiger charge is 2.20. The Morgan fingerprint density at radius 3 is 3.07 bits per heavy atom. The zero-order chi connectivity index (χ0) is 9.97. The van der Waals surface area contributed by atoms with Crippen LogP contribution in [0.5, 0.6) is 0 Å².